The van der Waals surface area contributed by atoms with E-state index in [0.717, 1.165) is 19.4 Å². The summed E-state index contributed by atoms with van der Waals surface area (Å²) < 4.78 is 6.00. The third kappa shape index (κ3) is 2.71. The van der Waals surface area contributed by atoms with Crippen molar-refractivity contribution < 1.29 is 4.74 Å². The van der Waals surface area contributed by atoms with Crippen LogP contribution in [-0.4, -0.2) is 42.8 Å². The Labute approximate surface area is 93.0 Å². The number of nitrogens with two attached hydrogens (primary N) is 1. The maximum Gasteiger partial charge on any atom is 0.0721 e. The molecule has 0 aromatic carbocycles. The van der Waals surface area contributed by atoms with Gasteiger partial charge in [-0.25, -0.2) is 0 Å². The van der Waals surface area contributed by atoms with E-state index >= 15 is 0 Å². The number of piperidine rings is 1. The minimum absolute atomic E-state index is 0.141. The number of rotatable bonds is 2. The largest absolute Gasteiger partial charge is 0.375 e. The second-order valence-corrected chi connectivity index (χ2v) is 5.13. The third-order valence-electron chi connectivity index (χ3n) is 3.84. The molecule has 1 spiro atoms. The number of nitrogens with zero attached hydrogens (tertiary/aromatic N) is 1. The summed E-state index contributed by atoms with van der Waals surface area (Å²) in [7, 11) is 0. The highest BCUT2D eigenvalue weighted by Crippen LogP contribution is 2.34. The molecule has 2 aliphatic rings. The van der Waals surface area contributed by atoms with Gasteiger partial charge in [0.25, 0.3) is 0 Å². The van der Waals surface area contributed by atoms with Crippen molar-refractivity contribution in [3.05, 3.63) is 0 Å². The second-order valence-electron chi connectivity index (χ2n) is 5.13. The molecule has 0 unspecified atom stereocenters. The highest BCUT2D eigenvalue weighted by molar-refractivity contribution is 4.93. The molecule has 2 rings (SSSR count). The van der Waals surface area contributed by atoms with E-state index in [9.17, 15) is 0 Å². The number of ether oxygens (including phenoxy) is 1. The molecule has 0 aromatic heterocycles. The van der Waals surface area contributed by atoms with E-state index in [1.165, 1.54) is 38.9 Å². The molecule has 88 valence electrons. The van der Waals surface area contributed by atoms with E-state index in [-0.39, 0.29) is 5.60 Å². The van der Waals surface area contributed by atoms with Crippen LogP contribution in [0.5, 0.6) is 0 Å². The average Bonchev–Trinajstić information content (AvgIpc) is 2.22. The van der Waals surface area contributed by atoms with Gasteiger partial charge in [-0.2, -0.15) is 0 Å². The Bertz CT molecular complexity index is 200. The summed E-state index contributed by atoms with van der Waals surface area (Å²) in [5.41, 5.74) is 6.18. The van der Waals surface area contributed by atoms with E-state index in [1.807, 2.05) is 0 Å². The lowest BCUT2D eigenvalue weighted by atomic mass is 9.82. The molecule has 0 saturated carbocycles. The normalized spacial score (nSPS) is 32.0. The zero-order valence-electron chi connectivity index (χ0n) is 9.87. The first-order valence-corrected chi connectivity index (χ1v) is 6.36. The van der Waals surface area contributed by atoms with Gasteiger partial charge < -0.3 is 15.4 Å². The fourth-order valence-electron chi connectivity index (χ4n) is 2.91. The van der Waals surface area contributed by atoms with Gasteiger partial charge in [0, 0.05) is 25.7 Å². The molecule has 0 aromatic rings. The Morgan fingerprint density at radius 3 is 2.73 bits per heavy atom. The van der Waals surface area contributed by atoms with Crippen LogP contribution >= 0.6 is 0 Å². The monoisotopic (exact) mass is 212 g/mol. The van der Waals surface area contributed by atoms with Crippen LogP contribution < -0.4 is 5.73 Å². The molecule has 2 saturated heterocycles. The molecule has 0 aliphatic carbocycles. The minimum Gasteiger partial charge on any atom is -0.375 e. The Morgan fingerprint density at radius 2 is 2.13 bits per heavy atom. The highest BCUT2D eigenvalue weighted by Gasteiger charge is 2.38. The van der Waals surface area contributed by atoms with Crippen molar-refractivity contribution in [1.82, 2.24) is 4.90 Å². The molecule has 2 fully saturated rings. The van der Waals surface area contributed by atoms with Gasteiger partial charge in [-0.15, -0.1) is 0 Å². The van der Waals surface area contributed by atoms with Gasteiger partial charge >= 0.3 is 0 Å². The summed E-state index contributed by atoms with van der Waals surface area (Å²) in [5, 5.41) is 0. The van der Waals surface area contributed by atoms with Gasteiger partial charge in [0.15, 0.2) is 0 Å². The maximum atomic E-state index is 6.04. The molecular weight excluding hydrogens is 188 g/mol. The molecule has 2 aliphatic heterocycles. The molecule has 2 N–H and O–H groups in total. The van der Waals surface area contributed by atoms with Crippen LogP contribution in [0.25, 0.3) is 0 Å². The van der Waals surface area contributed by atoms with Crippen molar-refractivity contribution >= 4 is 0 Å². The molecule has 2 heterocycles. The van der Waals surface area contributed by atoms with E-state index in [1.54, 1.807) is 0 Å². The molecular formula is C12H24N2O. The molecule has 0 amide bonds. The van der Waals surface area contributed by atoms with Crippen LogP contribution in [0.15, 0.2) is 0 Å². The van der Waals surface area contributed by atoms with Crippen molar-refractivity contribution in [3.63, 3.8) is 0 Å². The summed E-state index contributed by atoms with van der Waals surface area (Å²) in [6, 6.07) is 0.372. The highest BCUT2D eigenvalue weighted by atomic mass is 16.5. The second kappa shape index (κ2) is 4.81. The average molecular weight is 212 g/mol. The minimum atomic E-state index is 0.141. The fourth-order valence-corrected chi connectivity index (χ4v) is 2.91. The van der Waals surface area contributed by atoms with Gasteiger partial charge in [0.1, 0.15) is 0 Å². The molecule has 3 nitrogen and oxygen atoms in total. The van der Waals surface area contributed by atoms with Crippen LogP contribution in [0.4, 0.5) is 0 Å². The van der Waals surface area contributed by atoms with Crippen LogP contribution in [-0.2, 0) is 4.74 Å². The number of hydrogen-bond donors (Lipinski definition) is 1. The van der Waals surface area contributed by atoms with E-state index in [0.29, 0.717) is 6.04 Å². The van der Waals surface area contributed by atoms with Gasteiger partial charge in [-0.05, 0) is 38.6 Å². The van der Waals surface area contributed by atoms with Gasteiger partial charge in [0.05, 0.1) is 5.60 Å². The van der Waals surface area contributed by atoms with Gasteiger partial charge in [-0.1, -0.05) is 6.92 Å². The van der Waals surface area contributed by atoms with Gasteiger partial charge in [0.2, 0.25) is 0 Å². The first-order chi connectivity index (χ1) is 7.24. The first-order valence-electron chi connectivity index (χ1n) is 6.36. The van der Waals surface area contributed by atoms with Crippen molar-refractivity contribution in [2.75, 3.05) is 26.2 Å². The van der Waals surface area contributed by atoms with E-state index in [4.69, 9.17) is 10.5 Å². The van der Waals surface area contributed by atoms with Gasteiger partial charge in [-0.3, -0.25) is 0 Å². The molecule has 1 atom stereocenters. The topological polar surface area (TPSA) is 38.5 Å². The third-order valence-corrected chi connectivity index (χ3v) is 3.84. The first kappa shape index (κ1) is 11.4. The maximum absolute atomic E-state index is 6.04. The predicted octanol–water partition coefficient (Wildman–Crippen LogP) is 1.37. The number of hydrogen-bond acceptors (Lipinski definition) is 3. The van der Waals surface area contributed by atoms with Crippen LogP contribution in [0.3, 0.4) is 0 Å². The Kier molecular flexibility index (Phi) is 3.65. The lowest BCUT2D eigenvalue weighted by molar-refractivity contribution is -0.116. The smallest absolute Gasteiger partial charge is 0.0721 e. The van der Waals surface area contributed by atoms with Crippen molar-refractivity contribution in [3.8, 4) is 0 Å². The fraction of sp³-hybridized carbons (Fsp3) is 1.00. The standard InChI is InChI=1S/C12H24N2O/c1-2-6-14-7-4-12(5-8-14)10-11(13)3-9-15-12/h11H,2-10,13H2,1H3/t11-/m1/s1. The van der Waals surface area contributed by atoms with Crippen molar-refractivity contribution in [1.29, 1.82) is 0 Å². The SMILES string of the molecule is CCCN1CCC2(CC1)C[C@H](N)CCO2. The number of likely N-dealkylation sites (tertiary alicyclic amines) is 1. The van der Waals surface area contributed by atoms with Crippen LogP contribution in [0, 0.1) is 0 Å². The molecule has 15 heavy (non-hydrogen) atoms. The zero-order chi connectivity index (χ0) is 10.7. The lowest BCUT2D eigenvalue weighted by Gasteiger charge is -2.45. The quantitative estimate of drug-likeness (QED) is 0.751. The Morgan fingerprint density at radius 1 is 1.40 bits per heavy atom. The Hall–Kier alpha value is -0.120. The summed E-state index contributed by atoms with van der Waals surface area (Å²) >= 11 is 0. The summed E-state index contributed by atoms with van der Waals surface area (Å²) in [6.07, 6.45) is 5.74. The lowest BCUT2D eigenvalue weighted by Crippen LogP contribution is -2.52. The Balaban J connectivity index is 1.85. The zero-order valence-corrected chi connectivity index (χ0v) is 9.87. The molecule has 3 heteroatoms. The van der Waals surface area contributed by atoms with Crippen molar-refractivity contribution in [2.45, 2.75) is 50.7 Å². The summed E-state index contributed by atoms with van der Waals surface area (Å²) in [6.45, 7) is 6.75. The molecule has 0 radical (unpaired) electrons. The summed E-state index contributed by atoms with van der Waals surface area (Å²) in [4.78, 5) is 2.55. The van der Waals surface area contributed by atoms with Crippen molar-refractivity contribution in [2.24, 2.45) is 5.73 Å². The predicted molar refractivity (Wildman–Crippen MR) is 61.9 cm³/mol. The van der Waals surface area contributed by atoms with Crippen LogP contribution in [0.1, 0.15) is 39.0 Å². The van der Waals surface area contributed by atoms with E-state index in [2.05, 4.69) is 11.8 Å². The summed E-state index contributed by atoms with van der Waals surface area (Å²) in [5.74, 6) is 0. The van der Waals surface area contributed by atoms with E-state index < -0.39 is 0 Å². The molecule has 0 bridgehead atoms. The van der Waals surface area contributed by atoms with Crippen LogP contribution in [0.2, 0.25) is 0 Å².